The van der Waals surface area contributed by atoms with Gasteiger partial charge in [0, 0.05) is 127 Å². The summed E-state index contributed by atoms with van der Waals surface area (Å²) in [5.41, 5.74) is 57.1. The monoisotopic (exact) mass is 1890 g/mol. The minimum atomic E-state index is -0.587. The maximum Gasteiger partial charge on any atom is 0.0620 e. The van der Waals surface area contributed by atoms with Crippen LogP contribution in [0.1, 0.15) is 225 Å². The van der Waals surface area contributed by atoms with Gasteiger partial charge in [0.15, 0.2) is 0 Å². The van der Waals surface area contributed by atoms with Gasteiger partial charge in [0.1, 0.15) is 0 Å². The van der Waals surface area contributed by atoms with Crippen molar-refractivity contribution >= 4 is 89.8 Å². The third-order valence-electron chi connectivity index (χ3n) is 37.4. The Hall–Kier alpha value is -15.9. The second-order valence-electron chi connectivity index (χ2n) is 48.3. The average Bonchev–Trinajstić information content (AvgIpc) is 1.65. The van der Waals surface area contributed by atoms with Crippen LogP contribution in [0.4, 0.5) is 68.2 Å². The standard InChI is InChI=1S/C143H118N4/c1-135(2)115-43-27-19-35-93(115)101-61-51-84(72-123(101)135)144(85-52-62-102-94-36-20-28-44-116(94)136(3,4)124(102)73-85)83-60-70-110-112(71-83)134(147(91-58-67-107-99-41-25-33-49-121(99)141(13,14)129(107)79-91)92-59-68-108-100-42-26-34-50-122(100)142(15,16)130(108)80-92)113-81-111-109-69-55-88(145(86-53-63-103-95-37-21-29-45-117(95)137(5,6)125(103)74-86)87-54-64-104-96-38-22-30-46-118(96)138(7,8)126(104)75-87)76-131(109)143(17,18)132(111)82-114(113)133(110)146(89-56-65-105-97-39-23-31-47-119(97)139(9,10)127(105)77-89)90-57-66-106-98-40-24-32-48-120(98)140(11,12)128(106)78-90/h19-82H,1-18H3. The van der Waals surface area contributed by atoms with Crippen LogP contribution < -0.4 is 19.6 Å². The Kier molecular flexibility index (Phi) is 17.7. The first-order valence-corrected chi connectivity index (χ1v) is 53.1. The summed E-state index contributed by atoms with van der Waals surface area (Å²) in [7, 11) is 0. The quantitative estimate of drug-likeness (QED) is 0.0893. The van der Waals surface area contributed by atoms with Crippen molar-refractivity contribution in [1.82, 2.24) is 0 Å². The summed E-state index contributed by atoms with van der Waals surface area (Å²) in [4.78, 5) is 10.7. The molecule has 9 aliphatic carbocycles. The summed E-state index contributed by atoms with van der Waals surface area (Å²) in [6.45, 7) is 44.1. The molecule has 4 heteroatoms. The Labute approximate surface area is 865 Å². The van der Waals surface area contributed by atoms with E-state index in [2.05, 4.69) is 532 Å². The maximum atomic E-state index is 2.75. The first-order valence-electron chi connectivity index (χ1n) is 53.1. The minimum Gasteiger partial charge on any atom is -0.310 e. The first kappa shape index (κ1) is 87.7. The lowest BCUT2D eigenvalue weighted by Crippen LogP contribution is -2.20. The van der Waals surface area contributed by atoms with Crippen LogP contribution >= 0.6 is 0 Å². The molecule has 147 heavy (non-hydrogen) atoms. The van der Waals surface area contributed by atoms with E-state index in [1.807, 2.05) is 0 Å². The molecule has 0 amide bonds. The van der Waals surface area contributed by atoms with E-state index in [1.54, 1.807) is 0 Å². The number of benzene rings is 20. The Morgan fingerprint density at radius 2 is 0.252 bits per heavy atom. The van der Waals surface area contributed by atoms with Crippen LogP contribution in [0.25, 0.3) is 122 Å². The Balaban J connectivity index is 0.758. The van der Waals surface area contributed by atoms with Crippen molar-refractivity contribution in [3.63, 3.8) is 0 Å². The van der Waals surface area contributed by atoms with E-state index >= 15 is 0 Å². The number of anilines is 12. The number of fused-ring (bicyclic) bond motifs is 29. The highest BCUT2D eigenvalue weighted by atomic mass is 15.2. The summed E-state index contributed by atoms with van der Waals surface area (Å²) in [6, 6.07) is 154. The molecule has 0 heterocycles. The van der Waals surface area contributed by atoms with Crippen molar-refractivity contribution in [2.24, 2.45) is 0 Å². The van der Waals surface area contributed by atoms with Gasteiger partial charge in [0.05, 0.1) is 11.4 Å². The number of rotatable bonds is 12. The highest BCUT2D eigenvalue weighted by Gasteiger charge is 2.48. The molecule has 0 atom stereocenters. The van der Waals surface area contributed by atoms with Gasteiger partial charge in [0.25, 0.3) is 0 Å². The van der Waals surface area contributed by atoms with Gasteiger partial charge in [0.2, 0.25) is 0 Å². The normalized spacial score (nSPS) is 16.6. The molecule has 0 aromatic heterocycles. The fourth-order valence-corrected chi connectivity index (χ4v) is 29.5. The van der Waals surface area contributed by atoms with Gasteiger partial charge >= 0.3 is 0 Å². The van der Waals surface area contributed by atoms with Gasteiger partial charge in [-0.1, -0.05) is 379 Å². The van der Waals surface area contributed by atoms with E-state index in [4.69, 9.17) is 0 Å². The molecule has 0 spiro atoms. The molecule has 20 aromatic carbocycles. The fourth-order valence-electron chi connectivity index (χ4n) is 29.5. The number of hydrogen-bond acceptors (Lipinski definition) is 4. The number of hydrogen-bond donors (Lipinski definition) is 0. The Morgan fingerprint density at radius 3 is 0.469 bits per heavy atom. The molecule has 4 nitrogen and oxygen atoms in total. The van der Waals surface area contributed by atoms with Gasteiger partial charge < -0.3 is 19.6 Å². The van der Waals surface area contributed by atoms with Gasteiger partial charge in [-0.3, -0.25) is 0 Å². The molecular formula is C143H118N4. The molecule has 29 rings (SSSR count). The molecule has 0 unspecified atom stereocenters. The summed E-state index contributed by atoms with van der Waals surface area (Å²) in [5, 5.41) is 4.49. The molecule has 0 bridgehead atoms. The van der Waals surface area contributed by atoms with Crippen LogP contribution in [-0.4, -0.2) is 0 Å². The molecule has 9 aliphatic rings. The Morgan fingerprint density at radius 1 is 0.109 bits per heavy atom. The van der Waals surface area contributed by atoms with Gasteiger partial charge in [-0.25, -0.2) is 0 Å². The van der Waals surface area contributed by atoms with E-state index in [0.717, 1.165) is 89.8 Å². The largest absolute Gasteiger partial charge is 0.310 e. The minimum absolute atomic E-state index is 0.244. The Bertz CT molecular complexity index is 8880. The van der Waals surface area contributed by atoms with E-state index in [1.165, 1.54) is 200 Å². The van der Waals surface area contributed by atoms with Crippen LogP contribution in [-0.2, 0) is 48.7 Å². The maximum absolute atomic E-state index is 2.75. The molecule has 0 aliphatic heterocycles. The summed E-state index contributed by atoms with van der Waals surface area (Å²) < 4.78 is 0. The van der Waals surface area contributed by atoms with Crippen molar-refractivity contribution in [2.45, 2.75) is 173 Å². The van der Waals surface area contributed by atoms with Crippen molar-refractivity contribution in [2.75, 3.05) is 19.6 Å². The third-order valence-corrected chi connectivity index (χ3v) is 37.4. The lowest BCUT2D eigenvalue weighted by molar-refractivity contribution is 0.659. The van der Waals surface area contributed by atoms with E-state index < -0.39 is 5.41 Å². The number of nitrogens with zero attached hydrogens (tertiary/aromatic N) is 4. The van der Waals surface area contributed by atoms with Crippen LogP contribution in [0.5, 0.6) is 0 Å². The van der Waals surface area contributed by atoms with Crippen molar-refractivity contribution < 1.29 is 0 Å². The molecule has 20 aromatic rings. The predicted octanol–water partition coefficient (Wildman–Crippen LogP) is 38.6. The molecule has 0 N–H and O–H groups in total. The summed E-state index contributed by atoms with van der Waals surface area (Å²) in [5.74, 6) is 0. The second kappa shape index (κ2) is 29.7. The van der Waals surface area contributed by atoms with Crippen LogP contribution in [0.15, 0.2) is 388 Å². The zero-order valence-corrected chi connectivity index (χ0v) is 87.2. The summed E-state index contributed by atoms with van der Waals surface area (Å²) >= 11 is 0. The van der Waals surface area contributed by atoms with E-state index in [-0.39, 0.29) is 43.3 Å². The second-order valence-corrected chi connectivity index (χ2v) is 48.3. The highest BCUT2D eigenvalue weighted by Crippen LogP contribution is 2.66. The molecule has 710 valence electrons. The van der Waals surface area contributed by atoms with Gasteiger partial charge in [-0.15, -0.1) is 0 Å². The topological polar surface area (TPSA) is 13.0 Å². The van der Waals surface area contributed by atoms with Crippen molar-refractivity contribution in [1.29, 1.82) is 0 Å². The molecule has 0 saturated heterocycles. The zero-order valence-electron chi connectivity index (χ0n) is 87.2. The van der Waals surface area contributed by atoms with Crippen LogP contribution in [0.3, 0.4) is 0 Å². The fraction of sp³-hybridized carbons (Fsp3) is 0.189. The van der Waals surface area contributed by atoms with Crippen LogP contribution in [0, 0.1) is 0 Å². The highest BCUT2D eigenvalue weighted by molar-refractivity contribution is 6.26. The van der Waals surface area contributed by atoms with Crippen molar-refractivity contribution in [3.05, 3.63) is 488 Å². The smallest absolute Gasteiger partial charge is 0.0620 e. The first-order chi connectivity index (χ1) is 70.7. The van der Waals surface area contributed by atoms with Crippen molar-refractivity contribution in [3.8, 4) is 100 Å². The predicted molar refractivity (Wildman–Crippen MR) is 618 cm³/mol. The average molecular weight is 1890 g/mol. The summed E-state index contributed by atoms with van der Waals surface area (Å²) in [6.07, 6.45) is 0. The van der Waals surface area contributed by atoms with Gasteiger partial charge in [-0.2, -0.15) is 0 Å². The third kappa shape index (κ3) is 11.8. The van der Waals surface area contributed by atoms with Crippen LogP contribution in [0.2, 0.25) is 0 Å². The SMILES string of the molecule is CC1(C)c2ccccc2-c2ccc(N(c3ccc4c(c3)C(C)(C)c3ccccc3-4)c3ccc4c(c3)C(C)(C)c3cc5c(N(c6ccc7c(c6)C(C)(C)c6ccccc6-7)c6ccc7c(c6)C(C)(C)c6ccccc6-7)c6ccc(N(c7ccc8c(c7)C(C)(C)c7ccccc7-8)c7ccc8c(c7)C(C)(C)c7ccccc7-8)cc6c(N(c6ccc7c(c6)C(C)(C)c6ccccc6-7)c6ccc7c(c6)C(C)(C)c6ccccc6-7)c5cc3-4)cc21. The molecular weight excluding hydrogens is 1770 g/mol. The van der Waals surface area contributed by atoms with E-state index in [0.29, 0.717) is 0 Å². The molecule has 0 fully saturated rings. The van der Waals surface area contributed by atoms with Gasteiger partial charge in [-0.05, 0) is 334 Å². The zero-order chi connectivity index (χ0) is 100. The van der Waals surface area contributed by atoms with E-state index in [9.17, 15) is 0 Å². The lowest BCUT2D eigenvalue weighted by atomic mass is 9.80. The molecule has 0 radical (unpaired) electrons. The molecule has 0 saturated carbocycles. The lowest BCUT2D eigenvalue weighted by Gasteiger charge is -2.36.